The first-order chi connectivity index (χ1) is 13.7. The average Bonchev–Trinajstić information content (AvgIpc) is 2.63. The molecule has 152 valence electrons. The summed E-state index contributed by atoms with van der Waals surface area (Å²) in [6, 6.07) is 10.8. The van der Waals surface area contributed by atoms with Gasteiger partial charge >= 0.3 is 6.36 Å². The fourth-order valence-electron chi connectivity index (χ4n) is 2.48. The Morgan fingerprint density at radius 1 is 1.07 bits per heavy atom. The maximum absolute atomic E-state index is 13.3. The van der Waals surface area contributed by atoms with Crippen LogP contribution in [0.4, 0.5) is 35.0 Å². The summed E-state index contributed by atoms with van der Waals surface area (Å²) < 4.78 is 54.7. The molecular formula is C19H15ClF4N4O. The molecule has 0 unspecified atom stereocenters. The second-order valence-corrected chi connectivity index (χ2v) is 6.22. The Labute approximate surface area is 168 Å². The third-order valence-corrected chi connectivity index (χ3v) is 3.93. The van der Waals surface area contributed by atoms with Gasteiger partial charge in [0.2, 0.25) is 5.95 Å². The van der Waals surface area contributed by atoms with Crippen molar-refractivity contribution in [3.8, 4) is 17.0 Å². The van der Waals surface area contributed by atoms with Gasteiger partial charge in [0.05, 0.1) is 16.4 Å². The molecule has 0 fully saturated rings. The predicted molar refractivity (Wildman–Crippen MR) is 103 cm³/mol. The molecule has 0 radical (unpaired) electrons. The van der Waals surface area contributed by atoms with Crippen LogP contribution in [-0.2, 0) is 0 Å². The van der Waals surface area contributed by atoms with Gasteiger partial charge in [-0.15, -0.1) is 13.2 Å². The molecule has 0 atom stereocenters. The summed E-state index contributed by atoms with van der Waals surface area (Å²) in [6.45, 7) is 2.37. The van der Waals surface area contributed by atoms with E-state index in [2.05, 4.69) is 25.3 Å². The first kappa shape index (κ1) is 20.7. The first-order valence-electron chi connectivity index (χ1n) is 8.44. The third-order valence-electron chi connectivity index (χ3n) is 3.62. The summed E-state index contributed by atoms with van der Waals surface area (Å²) in [5.74, 6) is -0.275. The molecule has 0 spiro atoms. The lowest BCUT2D eigenvalue weighted by molar-refractivity contribution is -0.274. The number of aromatic nitrogens is 2. The van der Waals surface area contributed by atoms with Crippen molar-refractivity contribution in [2.45, 2.75) is 13.3 Å². The summed E-state index contributed by atoms with van der Waals surface area (Å²) in [5.41, 5.74) is 1.15. The standard InChI is InChI=1S/C19H15ClF4N4O/c1-2-25-18-27-16(11-4-3-5-13(8-11)29-19(22,23)24)10-17(28-18)26-15-7-6-12(21)9-14(15)20/h3-10H,2H2,1H3,(H2,25,26,27,28). The van der Waals surface area contributed by atoms with Crippen molar-refractivity contribution in [3.63, 3.8) is 0 Å². The van der Waals surface area contributed by atoms with Crippen LogP contribution in [0.25, 0.3) is 11.3 Å². The number of nitrogens with one attached hydrogen (secondary N) is 2. The average molecular weight is 427 g/mol. The number of anilines is 3. The van der Waals surface area contributed by atoms with Crippen molar-refractivity contribution in [1.29, 1.82) is 0 Å². The summed E-state index contributed by atoms with van der Waals surface area (Å²) >= 11 is 6.03. The largest absolute Gasteiger partial charge is 0.573 e. The van der Waals surface area contributed by atoms with E-state index in [4.69, 9.17) is 11.6 Å². The number of alkyl halides is 3. The molecule has 0 saturated carbocycles. The Hall–Kier alpha value is -3.07. The Morgan fingerprint density at radius 2 is 1.86 bits per heavy atom. The van der Waals surface area contributed by atoms with Crippen molar-refractivity contribution in [2.24, 2.45) is 0 Å². The number of halogens is 5. The fraction of sp³-hybridized carbons (Fsp3) is 0.158. The number of hydrogen-bond donors (Lipinski definition) is 2. The van der Waals surface area contributed by atoms with Crippen LogP contribution in [-0.4, -0.2) is 22.9 Å². The zero-order valence-corrected chi connectivity index (χ0v) is 15.8. The van der Waals surface area contributed by atoms with Gasteiger partial charge in [0.25, 0.3) is 0 Å². The van der Waals surface area contributed by atoms with Crippen LogP contribution in [0.15, 0.2) is 48.5 Å². The number of hydrogen-bond acceptors (Lipinski definition) is 5. The van der Waals surface area contributed by atoms with E-state index in [0.717, 1.165) is 6.07 Å². The third kappa shape index (κ3) is 5.71. The van der Waals surface area contributed by atoms with E-state index in [0.29, 0.717) is 29.3 Å². The Balaban J connectivity index is 1.98. The van der Waals surface area contributed by atoms with Crippen LogP contribution < -0.4 is 15.4 Å². The number of rotatable bonds is 6. The van der Waals surface area contributed by atoms with E-state index in [1.807, 2.05) is 6.92 Å². The van der Waals surface area contributed by atoms with E-state index < -0.39 is 12.2 Å². The normalized spacial score (nSPS) is 11.2. The molecule has 10 heteroatoms. The Bertz CT molecular complexity index is 1010. The Morgan fingerprint density at radius 3 is 2.55 bits per heavy atom. The summed E-state index contributed by atoms with van der Waals surface area (Å²) in [4.78, 5) is 8.61. The van der Waals surface area contributed by atoms with Gasteiger partial charge in [0.15, 0.2) is 0 Å². The molecule has 1 heterocycles. The van der Waals surface area contributed by atoms with E-state index >= 15 is 0 Å². The summed E-state index contributed by atoms with van der Waals surface area (Å²) in [5, 5.41) is 6.06. The van der Waals surface area contributed by atoms with E-state index in [-0.39, 0.29) is 16.7 Å². The van der Waals surface area contributed by atoms with Gasteiger partial charge in [0.1, 0.15) is 17.4 Å². The van der Waals surface area contributed by atoms with Crippen LogP contribution in [0.3, 0.4) is 0 Å². The zero-order chi connectivity index (χ0) is 21.0. The molecule has 0 bridgehead atoms. The smallest absolute Gasteiger partial charge is 0.406 e. The van der Waals surface area contributed by atoms with Gasteiger partial charge in [-0.25, -0.2) is 9.37 Å². The molecule has 2 aromatic carbocycles. The predicted octanol–water partition coefficient (Wildman–Crippen LogP) is 6.01. The topological polar surface area (TPSA) is 59.1 Å². The van der Waals surface area contributed by atoms with Crippen LogP contribution in [0.1, 0.15) is 6.92 Å². The highest BCUT2D eigenvalue weighted by Crippen LogP contribution is 2.30. The van der Waals surface area contributed by atoms with E-state index in [1.54, 1.807) is 6.07 Å². The molecule has 1 aromatic heterocycles. The molecule has 0 saturated heterocycles. The maximum Gasteiger partial charge on any atom is 0.573 e. The van der Waals surface area contributed by atoms with Crippen LogP contribution in [0.2, 0.25) is 5.02 Å². The second-order valence-electron chi connectivity index (χ2n) is 5.82. The van der Waals surface area contributed by atoms with Crippen molar-refractivity contribution < 1.29 is 22.3 Å². The highest BCUT2D eigenvalue weighted by molar-refractivity contribution is 6.33. The van der Waals surface area contributed by atoms with Gasteiger partial charge in [0, 0.05) is 18.2 Å². The Kier molecular flexibility index (Phi) is 6.07. The molecule has 2 N–H and O–H groups in total. The molecule has 0 aliphatic carbocycles. The fourth-order valence-corrected chi connectivity index (χ4v) is 2.69. The van der Waals surface area contributed by atoms with Crippen molar-refractivity contribution >= 4 is 29.1 Å². The molecule has 0 aliphatic heterocycles. The van der Waals surface area contributed by atoms with Crippen LogP contribution in [0.5, 0.6) is 5.75 Å². The lowest BCUT2D eigenvalue weighted by Gasteiger charge is -2.13. The minimum absolute atomic E-state index is 0.149. The van der Waals surface area contributed by atoms with Crippen molar-refractivity contribution in [3.05, 3.63) is 59.4 Å². The van der Waals surface area contributed by atoms with Crippen LogP contribution >= 0.6 is 11.6 Å². The summed E-state index contributed by atoms with van der Waals surface area (Å²) in [6.07, 6.45) is -4.80. The SMILES string of the molecule is CCNc1nc(Nc2ccc(F)cc2Cl)cc(-c2cccc(OC(F)(F)F)c2)n1. The quantitative estimate of drug-likeness (QED) is 0.473. The lowest BCUT2D eigenvalue weighted by Crippen LogP contribution is -2.17. The monoisotopic (exact) mass is 426 g/mol. The molecule has 0 amide bonds. The summed E-state index contributed by atoms with van der Waals surface area (Å²) in [7, 11) is 0. The minimum Gasteiger partial charge on any atom is -0.406 e. The van der Waals surface area contributed by atoms with Crippen LogP contribution in [0, 0.1) is 5.82 Å². The molecular weight excluding hydrogens is 412 g/mol. The minimum atomic E-state index is -4.80. The molecule has 0 aliphatic rings. The molecule has 29 heavy (non-hydrogen) atoms. The maximum atomic E-state index is 13.3. The van der Waals surface area contributed by atoms with Gasteiger partial charge < -0.3 is 15.4 Å². The van der Waals surface area contributed by atoms with Gasteiger partial charge in [-0.05, 0) is 37.3 Å². The van der Waals surface area contributed by atoms with E-state index in [9.17, 15) is 17.6 Å². The lowest BCUT2D eigenvalue weighted by atomic mass is 10.1. The highest BCUT2D eigenvalue weighted by Gasteiger charge is 2.31. The number of nitrogens with zero attached hydrogens (tertiary/aromatic N) is 2. The van der Waals surface area contributed by atoms with Crippen molar-refractivity contribution in [1.82, 2.24) is 9.97 Å². The number of ether oxygens (including phenoxy) is 1. The molecule has 3 aromatic rings. The molecule has 3 rings (SSSR count). The van der Waals surface area contributed by atoms with Crippen molar-refractivity contribution in [2.75, 3.05) is 17.2 Å². The van der Waals surface area contributed by atoms with Gasteiger partial charge in [-0.2, -0.15) is 4.98 Å². The van der Waals surface area contributed by atoms with Gasteiger partial charge in [-0.3, -0.25) is 0 Å². The zero-order valence-electron chi connectivity index (χ0n) is 15.0. The second kappa shape index (κ2) is 8.52. The number of benzene rings is 2. The molecule has 5 nitrogen and oxygen atoms in total. The first-order valence-corrected chi connectivity index (χ1v) is 8.82. The highest BCUT2D eigenvalue weighted by atomic mass is 35.5. The van der Waals surface area contributed by atoms with Gasteiger partial charge in [-0.1, -0.05) is 23.7 Å². The van der Waals surface area contributed by atoms with E-state index in [1.165, 1.54) is 36.4 Å².